The molecular formula is C16H22N2O3. The second kappa shape index (κ2) is 7.11. The molecule has 3 N–H and O–H groups in total. The van der Waals surface area contributed by atoms with Gasteiger partial charge in [-0.25, -0.2) is 9.59 Å². The first kappa shape index (κ1) is 15.4. The van der Waals surface area contributed by atoms with Gasteiger partial charge in [0.2, 0.25) is 0 Å². The van der Waals surface area contributed by atoms with Crippen LogP contribution in [0.2, 0.25) is 0 Å². The number of urea groups is 1. The molecular weight excluding hydrogens is 268 g/mol. The standard InChI is InChI=1S/C16H22N2O3/c1-11(13-7-8-13)10-17-16(21)18-14(15(19)20)9-12-5-3-2-4-6-12/h2-6,11,13-14H,7-10H2,1H3,(H,19,20)(H2,17,18,21)/t11?,14-/m1/s1. The molecule has 1 aromatic carbocycles. The topological polar surface area (TPSA) is 78.4 Å². The van der Waals surface area contributed by atoms with E-state index in [9.17, 15) is 14.7 Å². The second-order valence-corrected chi connectivity index (χ2v) is 5.75. The molecule has 0 radical (unpaired) electrons. The van der Waals surface area contributed by atoms with Gasteiger partial charge >= 0.3 is 12.0 Å². The van der Waals surface area contributed by atoms with Crippen LogP contribution in [-0.2, 0) is 11.2 Å². The minimum Gasteiger partial charge on any atom is -0.480 e. The molecule has 114 valence electrons. The third-order valence-electron chi connectivity index (χ3n) is 3.90. The fraction of sp³-hybridized carbons (Fsp3) is 0.500. The number of carbonyl (C=O) groups excluding carboxylic acids is 1. The zero-order valence-electron chi connectivity index (χ0n) is 12.2. The maximum Gasteiger partial charge on any atom is 0.326 e. The molecule has 0 aliphatic heterocycles. The molecule has 1 aliphatic carbocycles. The molecule has 1 saturated carbocycles. The van der Waals surface area contributed by atoms with Crippen molar-refractivity contribution < 1.29 is 14.7 Å². The number of rotatable bonds is 7. The second-order valence-electron chi connectivity index (χ2n) is 5.75. The van der Waals surface area contributed by atoms with Crippen LogP contribution in [0.3, 0.4) is 0 Å². The number of aliphatic carboxylic acids is 1. The third-order valence-corrected chi connectivity index (χ3v) is 3.90. The van der Waals surface area contributed by atoms with E-state index in [2.05, 4.69) is 17.6 Å². The molecule has 1 unspecified atom stereocenters. The Balaban J connectivity index is 1.81. The van der Waals surface area contributed by atoms with Gasteiger partial charge in [-0.15, -0.1) is 0 Å². The van der Waals surface area contributed by atoms with Crippen molar-refractivity contribution in [2.75, 3.05) is 6.54 Å². The lowest BCUT2D eigenvalue weighted by Gasteiger charge is -2.17. The van der Waals surface area contributed by atoms with Crippen LogP contribution in [0.25, 0.3) is 0 Å². The van der Waals surface area contributed by atoms with Crippen molar-refractivity contribution in [1.29, 1.82) is 0 Å². The maximum atomic E-state index is 11.8. The van der Waals surface area contributed by atoms with Crippen LogP contribution in [0.4, 0.5) is 4.79 Å². The van der Waals surface area contributed by atoms with Gasteiger partial charge < -0.3 is 15.7 Å². The molecule has 0 bridgehead atoms. The van der Waals surface area contributed by atoms with E-state index in [4.69, 9.17) is 0 Å². The highest BCUT2D eigenvalue weighted by atomic mass is 16.4. The number of hydrogen-bond donors (Lipinski definition) is 3. The molecule has 0 aromatic heterocycles. The molecule has 5 nitrogen and oxygen atoms in total. The molecule has 21 heavy (non-hydrogen) atoms. The summed E-state index contributed by atoms with van der Waals surface area (Å²) in [5, 5.41) is 14.5. The predicted octanol–water partition coefficient (Wildman–Crippen LogP) is 2.03. The first-order chi connectivity index (χ1) is 10.1. The van der Waals surface area contributed by atoms with E-state index in [0.717, 1.165) is 5.56 Å². The predicted molar refractivity (Wildman–Crippen MR) is 80.0 cm³/mol. The molecule has 1 fully saturated rings. The quantitative estimate of drug-likeness (QED) is 0.719. The van der Waals surface area contributed by atoms with Gasteiger partial charge in [0.15, 0.2) is 0 Å². The van der Waals surface area contributed by atoms with Gasteiger partial charge in [0.05, 0.1) is 0 Å². The SMILES string of the molecule is CC(CNC(=O)N[C@H](Cc1ccccc1)C(=O)O)C1CC1. The summed E-state index contributed by atoms with van der Waals surface area (Å²) in [7, 11) is 0. The fourth-order valence-electron chi connectivity index (χ4n) is 2.34. The normalized spacial score (nSPS) is 16.8. The van der Waals surface area contributed by atoms with Crippen molar-refractivity contribution in [1.82, 2.24) is 10.6 Å². The number of carbonyl (C=O) groups is 2. The van der Waals surface area contributed by atoms with E-state index >= 15 is 0 Å². The Morgan fingerprint density at radius 3 is 2.52 bits per heavy atom. The number of amides is 2. The average molecular weight is 290 g/mol. The van der Waals surface area contributed by atoms with E-state index in [0.29, 0.717) is 18.4 Å². The minimum absolute atomic E-state index is 0.280. The van der Waals surface area contributed by atoms with E-state index in [1.807, 2.05) is 30.3 Å². The van der Waals surface area contributed by atoms with Crippen LogP contribution < -0.4 is 10.6 Å². The van der Waals surface area contributed by atoms with Crippen molar-refractivity contribution >= 4 is 12.0 Å². The van der Waals surface area contributed by atoms with Crippen molar-refractivity contribution in [3.8, 4) is 0 Å². The fourth-order valence-corrected chi connectivity index (χ4v) is 2.34. The summed E-state index contributed by atoms with van der Waals surface area (Å²) < 4.78 is 0. The highest BCUT2D eigenvalue weighted by Gasteiger charge is 2.28. The lowest BCUT2D eigenvalue weighted by atomic mass is 10.1. The van der Waals surface area contributed by atoms with Gasteiger partial charge in [-0.1, -0.05) is 37.3 Å². The van der Waals surface area contributed by atoms with Crippen molar-refractivity contribution in [3.63, 3.8) is 0 Å². The molecule has 2 atom stereocenters. The minimum atomic E-state index is -1.02. The van der Waals surface area contributed by atoms with Gasteiger partial charge in [-0.3, -0.25) is 0 Å². The van der Waals surface area contributed by atoms with Gasteiger partial charge in [-0.05, 0) is 30.2 Å². The third kappa shape index (κ3) is 5.10. The Labute approximate surface area is 124 Å². The lowest BCUT2D eigenvalue weighted by molar-refractivity contribution is -0.139. The van der Waals surface area contributed by atoms with Crippen molar-refractivity contribution in [2.45, 2.75) is 32.2 Å². The zero-order chi connectivity index (χ0) is 15.2. The van der Waals surface area contributed by atoms with E-state index in [-0.39, 0.29) is 6.42 Å². The first-order valence-electron chi connectivity index (χ1n) is 7.37. The molecule has 5 heteroatoms. The Hall–Kier alpha value is -2.04. The summed E-state index contributed by atoms with van der Waals surface area (Å²) in [5.74, 6) is 0.141. The molecule has 0 spiro atoms. The molecule has 1 aliphatic rings. The summed E-state index contributed by atoms with van der Waals surface area (Å²) >= 11 is 0. The van der Waals surface area contributed by atoms with Crippen LogP contribution in [0.5, 0.6) is 0 Å². The Morgan fingerprint density at radius 2 is 1.95 bits per heavy atom. The molecule has 0 heterocycles. The van der Waals surface area contributed by atoms with Gasteiger partial charge in [0.1, 0.15) is 6.04 Å². The summed E-state index contributed by atoms with van der Waals surface area (Å²) in [4.78, 5) is 23.1. The average Bonchev–Trinajstić information content (AvgIpc) is 3.29. The van der Waals surface area contributed by atoms with Gasteiger partial charge in [0.25, 0.3) is 0 Å². The zero-order valence-corrected chi connectivity index (χ0v) is 12.2. The van der Waals surface area contributed by atoms with E-state index in [1.54, 1.807) is 0 Å². The number of carboxylic acid groups (broad SMARTS) is 1. The van der Waals surface area contributed by atoms with Crippen LogP contribution >= 0.6 is 0 Å². The van der Waals surface area contributed by atoms with Crippen LogP contribution in [0.1, 0.15) is 25.3 Å². The highest BCUT2D eigenvalue weighted by Crippen LogP contribution is 2.35. The Kier molecular flexibility index (Phi) is 5.20. The number of benzene rings is 1. The Morgan fingerprint density at radius 1 is 1.29 bits per heavy atom. The molecule has 0 saturated heterocycles. The summed E-state index contributed by atoms with van der Waals surface area (Å²) in [6.45, 7) is 2.70. The van der Waals surface area contributed by atoms with Crippen LogP contribution in [-0.4, -0.2) is 29.7 Å². The van der Waals surface area contributed by atoms with Crippen LogP contribution in [0.15, 0.2) is 30.3 Å². The summed E-state index contributed by atoms with van der Waals surface area (Å²) in [6, 6.07) is 7.96. The number of hydrogen-bond acceptors (Lipinski definition) is 2. The number of carboxylic acids is 1. The molecule has 1 aromatic rings. The van der Waals surface area contributed by atoms with Crippen molar-refractivity contribution in [3.05, 3.63) is 35.9 Å². The monoisotopic (exact) mass is 290 g/mol. The van der Waals surface area contributed by atoms with E-state index < -0.39 is 18.0 Å². The first-order valence-corrected chi connectivity index (χ1v) is 7.37. The smallest absolute Gasteiger partial charge is 0.326 e. The van der Waals surface area contributed by atoms with Gasteiger partial charge in [-0.2, -0.15) is 0 Å². The molecule has 2 rings (SSSR count). The maximum absolute atomic E-state index is 11.8. The van der Waals surface area contributed by atoms with E-state index in [1.165, 1.54) is 12.8 Å². The highest BCUT2D eigenvalue weighted by molar-refractivity contribution is 5.82. The van der Waals surface area contributed by atoms with Gasteiger partial charge in [0, 0.05) is 13.0 Å². The summed E-state index contributed by atoms with van der Waals surface area (Å²) in [5.41, 5.74) is 0.886. The lowest BCUT2D eigenvalue weighted by Crippen LogP contribution is -2.48. The van der Waals surface area contributed by atoms with Crippen LogP contribution in [0, 0.1) is 11.8 Å². The summed E-state index contributed by atoms with van der Waals surface area (Å²) in [6.07, 6.45) is 2.74. The largest absolute Gasteiger partial charge is 0.480 e. The molecule has 2 amide bonds. The van der Waals surface area contributed by atoms with Crippen molar-refractivity contribution in [2.24, 2.45) is 11.8 Å². The Bertz CT molecular complexity index is 486. The number of nitrogens with one attached hydrogen (secondary N) is 2.